The molecule has 0 unspecified atom stereocenters. The van der Waals surface area contributed by atoms with Gasteiger partial charge in [0.25, 0.3) is 5.91 Å². The summed E-state index contributed by atoms with van der Waals surface area (Å²) in [6, 6.07) is 1.22. The Morgan fingerprint density at radius 3 is 2.62 bits per heavy atom. The minimum atomic E-state index is -1.66. The Labute approximate surface area is 79.3 Å². The van der Waals surface area contributed by atoms with Crippen molar-refractivity contribution < 1.29 is 14.8 Å². The van der Waals surface area contributed by atoms with Crippen LogP contribution in [0.4, 0.5) is 0 Å². The molecule has 7 heteroatoms. The van der Waals surface area contributed by atoms with E-state index < -0.39 is 13.0 Å². The minimum absolute atomic E-state index is 0.00176. The van der Waals surface area contributed by atoms with Crippen LogP contribution in [-0.2, 0) is 0 Å². The first-order chi connectivity index (χ1) is 6.02. The first-order valence-corrected chi connectivity index (χ1v) is 3.71. The van der Waals surface area contributed by atoms with Gasteiger partial charge >= 0.3 is 7.12 Å². The van der Waals surface area contributed by atoms with Crippen LogP contribution in [0.2, 0.25) is 5.02 Å². The second-order valence-corrected chi connectivity index (χ2v) is 2.74. The van der Waals surface area contributed by atoms with Crippen molar-refractivity contribution in [3.05, 3.63) is 23.0 Å². The predicted octanol–water partition coefficient (Wildman–Crippen LogP) is -1.49. The normalized spacial score (nSPS) is 9.77. The molecule has 0 aliphatic heterocycles. The highest BCUT2D eigenvalue weighted by Gasteiger charge is 2.15. The largest absolute Gasteiger partial charge is 0.490 e. The fourth-order valence-corrected chi connectivity index (χ4v) is 1.04. The van der Waals surface area contributed by atoms with Crippen LogP contribution >= 0.6 is 11.6 Å². The van der Waals surface area contributed by atoms with Crippen LogP contribution in [0.3, 0.4) is 0 Å². The molecular formula is C6H6BClN2O3. The third-order valence-electron chi connectivity index (χ3n) is 1.39. The summed E-state index contributed by atoms with van der Waals surface area (Å²) in [6.07, 6.45) is 1.12. The number of carbonyl (C=O) groups is 1. The molecule has 0 radical (unpaired) electrons. The van der Waals surface area contributed by atoms with E-state index in [9.17, 15) is 4.79 Å². The molecule has 1 amide bonds. The van der Waals surface area contributed by atoms with Gasteiger partial charge in [-0.05, 0) is 6.07 Å². The second kappa shape index (κ2) is 3.74. The van der Waals surface area contributed by atoms with Crippen LogP contribution in [0.5, 0.6) is 0 Å². The average molecular weight is 200 g/mol. The number of primary amides is 1. The highest BCUT2D eigenvalue weighted by Crippen LogP contribution is 2.09. The SMILES string of the molecule is NC(=O)c1ncc(B(O)O)cc1Cl. The summed E-state index contributed by atoms with van der Waals surface area (Å²) >= 11 is 5.58. The monoisotopic (exact) mass is 200 g/mol. The van der Waals surface area contributed by atoms with Crippen LogP contribution in [0.1, 0.15) is 10.5 Å². The minimum Gasteiger partial charge on any atom is -0.423 e. The number of amides is 1. The first-order valence-electron chi connectivity index (χ1n) is 3.33. The summed E-state index contributed by atoms with van der Waals surface area (Å²) in [5.74, 6) is -0.760. The van der Waals surface area contributed by atoms with Crippen molar-refractivity contribution in [3.8, 4) is 0 Å². The van der Waals surface area contributed by atoms with Crippen LogP contribution in [0.15, 0.2) is 12.3 Å². The number of halogens is 1. The van der Waals surface area contributed by atoms with Gasteiger partial charge in [0.05, 0.1) is 5.02 Å². The highest BCUT2D eigenvalue weighted by atomic mass is 35.5. The molecule has 1 rings (SSSR count). The van der Waals surface area contributed by atoms with Gasteiger partial charge in [0.15, 0.2) is 0 Å². The number of pyridine rings is 1. The Morgan fingerprint density at radius 2 is 2.23 bits per heavy atom. The van der Waals surface area contributed by atoms with Crippen molar-refractivity contribution in [1.82, 2.24) is 4.98 Å². The molecule has 0 aromatic carbocycles. The van der Waals surface area contributed by atoms with Crippen molar-refractivity contribution in [2.75, 3.05) is 0 Å². The van der Waals surface area contributed by atoms with Crippen molar-refractivity contribution in [1.29, 1.82) is 0 Å². The number of nitrogens with two attached hydrogens (primary N) is 1. The van der Waals surface area contributed by atoms with Crippen LogP contribution in [-0.4, -0.2) is 28.1 Å². The van der Waals surface area contributed by atoms with Crippen LogP contribution in [0, 0.1) is 0 Å². The standard InChI is InChI=1S/C6H6BClN2O3/c8-4-1-3(7(12)13)2-10-5(4)6(9)11/h1-2,12-13H,(H2,9,11). The Hall–Kier alpha value is -1.11. The smallest absolute Gasteiger partial charge is 0.423 e. The number of carbonyl (C=O) groups excluding carboxylic acids is 1. The zero-order valence-electron chi connectivity index (χ0n) is 6.44. The van der Waals surface area contributed by atoms with E-state index in [1.165, 1.54) is 6.07 Å². The molecule has 5 nitrogen and oxygen atoms in total. The molecule has 0 bridgehead atoms. The number of rotatable bonds is 2. The number of hydrogen-bond acceptors (Lipinski definition) is 4. The number of hydrogen-bond donors (Lipinski definition) is 3. The van der Waals surface area contributed by atoms with Gasteiger partial charge in [-0.3, -0.25) is 4.79 Å². The maximum atomic E-state index is 10.7. The van der Waals surface area contributed by atoms with Gasteiger partial charge in [0.2, 0.25) is 0 Å². The topological polar surface area (TPSA) is 96.4 Å². The van der Waals surface area contributed by atoms with Gasteiger partial charge in [-0.25, -0.2) is 4.98 Å². The van der Waals surface area contributed by atoms with E-state index in [4.69, 9.17) is 27.4 Å². The van der Waals surface area contributed by atoms with E-state index in [0.717, 1.165) is 6.20 Å². The summed E-state index contributed by atoms with van der Waals surface area (Å²) in [5, 5.41) is 17.4. The summed E-state index contributed by atoms with van der Waals surface area (Å²) in [4.78, 5) is 14.2. The van der Waals surface area contributed by atoms with Crippen molar-refractivity contribution in [2.45, 2.75) is 0 Å². The molecule has 0 saturated carbocycles. The van der Waals surface area contributed by atoms with E-state index >= 15 is 0 Å². The molecule has 0 spiro atoms. The van der Waals surface area contributed by atoms with Gasteiger partial charge in [0.1, 0.15) is 5.69 Å². The third-order valence-corrected chi connectivity index (χ3v) is 1.68. The lowest BCUT2D eigenvalue weighted by Crippen LogP contribution is -2.31. The van der Waals surface area contributed by atoms with Crippen LogP contribution < -0.4 is 11.2 Å². The summed E-state index contributed by atoms with van der Waals surface area (Å²) in [6.45, 7) is 0. The van der Waals surface area contributed by atoms with Gasteiger partial charge < -0.3 is 15.8 Å². The Balaban J connectivity index is 3.13. The van der Waals surface area contributed by atoms with Crippen LogP contribution in [0.25, 0.3) is 0 Å². The Kier molecular flexibility index (Phi) is 2.87. The quantitative estimate of drug-likeness (QED) is 0.507. The second-order valence-electron chi connectivity index (χ2n) is 2.34. The molecule has 0 saturated heterocycles. The van der Waals surface area contributed by atoms with Gasteiger partial charge in [0, 0.05) is 11.7 Å². The van der Waals surface area contributed by atoms with Gasteiger partial charge in [-0.2, -0.15) is 0 Å². The molecule has 0 atom stereocenters. The van der Waals surface area contributed by atoms with Gasteiger partial charge in [-0.15, -0.1) is 0 Å². The van der Waals surface area contributed by atoms with Gasteiger partial charge in [-0.1, -0.05) is 11.6 Å². The fourth-order valence-electron chi connectivity index (χ4n) is 0.775. The fraction of sp³-hybridized carbons (Fsp3) is 0. The molecule has 1 heterocycles. The lowest BCUT2D eigenvalue weighted by atomic mass is 9.81. The molecule has 0 fully saturated rings. The van der Waals surface area contributed by atoms with Crippen molar-refractivity contribution in [2.24, 2.45) is 5.73 Å². The average Bonchev–Trinajstić information content (AvgIpc) is 2.03. The molecule has 1 aromatic rings. The molecule has 13 heavy (non-hydrogen) atoms. The molecule has 1 aromatic heterocycles. The third kappa shape index (κ3) is 2.18. The summed E-state index contributed by atoms with van der Waals surface area (Å²) in [7, 11) is -1.66. The Morgan fingerprint density at radius 1 is 1.62 bits per heavy atom. The summed E-state index contributed by atoms with van der Waals surface area (Å²) in [5.41, 5.74) is 4.94. The zero-order valence-corrected chi connectivity index (χ0v) is 7.19. The lowest BCUT2D eigenvalue weighted by molar-refractivity contribution is 0.0996. The van der Waals surface area contributed by atoms with Crippen molar-refractivity contribution >= 4 is 30.1 Å². The molecule has 0 aliphatic carbocycles. The van der Waals surface area contributed by atoms with Crippen molar-refractivity contribution in [3.63, 3.8) is 0 Å². The van der Waals surface area contributed by atoms with E-state index in [1.807, 2.05) is 0 Å². The summed E-state index contributed by atoms with van der Waals surface area (Å²) < 4.78 is 0. The van der Waals surface area contributed by atoms with E-state index in [2.05, 4.69) is 4.98 Å². The lowest BCUT2D eigenvalue weighted by Gasteiger charge is -2.01. The Bertz CT molecular complexity index is 345. The number of aromatic nitrogens is 1. The van der Waals surface area contributed by atoms with E-state index in [1.54, 1.807) is 0 Å². The highest BCUT2D eigenvalue weighted by molar-refractivity contribution is 6.59. The maximum absolute atomic E-state index is 10.7. The molecule has 4 N–H and O–H groups in total. The molecule has 68 valence electrons. The molecule has 0 aliphatic rings. The molecular weight excluding hydrogens is 194 g/mol. The number of nitrogens with zero attached hydrogens (tertiary/aromatic N) is 1. The maximum Gasteiger partial charge on any atom is 0.490 e. The van der Waals surface area contributed by atoms with E-state index in [-0.39, 0.29) is 16.2 Å². The zero-order chi connectivity index (χ0) is 10.0. The first kappa shape index (κ1) is 9.98. The van der Waals surface area contributed by atoms with E-state index in [0.29, 0.717) is 0 Å². The predicted molar refractivity (Wildman–Crippen MR) is 47.6 cm³/mol.